The van der Waals surface area contributed by atoms with Crippen LogP contribution in [0.2, 0.25) is 0 Å². The molecule has 1 rings (SSSR count). The lowest BCUT2D eigenvalue weighted by Gasteiger charge is -2.42. The van der Waals surface area contributed by atoms with Crippen molar-refractivity contribution in [3.05, 3.63) is 0 Å². The molecule has 1 heterocycles. The molecule has 0 spiro atoms. The third kappa shape index (κ3) is 3.43. The number of amides is 1. The zero-order valence-corrected chi connectivity index (χ0v) is 10.8. The molecule has 1 amide bonds. The van der Waals surface area contributed by atoms with Crippen molar-refractivity contribution in [3.63, 3.8) is 0 Å². The van der Waals surface area contributed by atoms with Crippen LogP contribution >= 0.6 is 0 Å². The minimum Gasteiger partial charge on any atom is -0.481 e. The van der Waals surface area contributed by atoms with Crippen molar-refractivity contribution in [1.29, 1.82) is 0 Å². The summed E-state index contributed by atoms with van der Waals surface area (Å²) in [4.78, 5) is 24.4. The molecule has 2 atom stereocenters. The number of likely N-dealkylation sites (tertiary alicyclic amines) is 1. The van der Waals surface area contributed by atoms with Crippen molar-refractivity contribution in [2.75, 3.05) is 26.2 Å². The number of hydrogen-bond donors (Lipinski definition) is 2. The Morgan fingerprint density at radius 3 is 2.47 bits per heavy atom. The predicted molar refractivity (Wildman–Crippen MR) is 64.6 cm³/mol. The molecule has 2 unspecified atom stereocenters. The van der Waals surface area contributed by atoms with Crippen molar-refractivity contribution in [2.45, 2.75) is 20.8 Å². The molecule has 0 aromatic carbocycles. The van der Waals surface area contributed by atoms with E-state index in [4.69, 9.17) is 5.11 Å². The van der Waals surface area contributed by atoms with Gasteiger partial charge in [0.2, 0.25) is 5.91 Å². The Bertz CT molecular complexity index is 287. The number of aliphatic carboxylic acids is 1. The lowest BCUT2D eigenvalue weighted by atomic mass is 9.86. The van der Waals surface area contributed by atoms with Crippen molar-refractivity contribution in [3.8, 4) is 0 Å². The summed E-state index contributed by atoms with van der Waals surface area (Å²) in [5, 5.41) is 12.0. The molecule has 5 nitrogen and oxygen atoms in total. The van der Waals surface area contributed by atoms with Crippen molar-refractivity contribution >= 4 is 11.9 Å². The number of carboxylic acid groups (broad SMARTS) is 1. The third-order valence-corrected chi connectivity index (χ3v) is 3.44. The first-order valence-corrected chi connectivity index (χ1v) is 6.19. The summed E-state index contributed by atoms with van der Waals surface area (Å²) in [5.41, 5.74) is 0. The number of nitrogens with one attached hydrogen (secondary N) is 1. The van der Waals surface area contributed by atoms with Gasteiger partial charge in [0.25, 0.3) is 0 Å². The smallest absolute Gasteiger partial charge is 0.306 e. The van der Waals surface area contributed by atoms with Gasteiger partial charge in [0.1, 0.15) is 0 Å². The zero-order chi connectivity index (χ0) is 13.0. The Morgan fingerprint density at radius 2 is 2.00 bits per heavy atom. The number of rotatable bonds is 6. The number of nitrogens with zero attached hydrogens (tertiary/aromatic N) is 1. The normalized spacial score (nSPS) is 19.6. The van der Waals surface area contributed by atoms with Crippen LogP contribution < -0.4 is 5.32 Å². The second-order valence-corrected chi connectivity index (χ2v) is 4.84. The molecule has 0 radical (unpaired) electrons. The second-order valence-electron chi connectivity index (χ2n) is 4.84. The Hall–Kier alpha value is -1.10. The Kier molecular flexibility index (Phi) is 4.93. The van der Waals surface area contributed by atoms with Gasteiger partial charge in [-0.05, 0) is 6.54 Å². The van der Waals surface area contributed by atoms with Crippen LogP contribution in [0.4, 0.5) is 0 Å². The average molecular weight is 242 g/mol. The molecule has 17 heavy (non-hydrogen) atoms. The molecule has 1 fully saturated rings. The number of carbonyl (C=O) groups is 2. The molecule has 2 N–H and O–H groups in total. The van der Waals surface area contributed by atoms with E-state index in [9.17, 15) is 9.59 Å². The van der Waals surface area contributed by atoms with Crippen LogP contribution in [-0.4, -0.2) is 48.1 Å². The molecule has 0 aromatic heterocycles. The lowest BCUT2D eigenvalue weighted by molar-refractivity contribution is -0.152. The van der Waals surface area contributed by atoms with Gasteiger partial charge in [-0.2, -0.15) is 0 Å². The molecule has 5 heteroatoms. The van der Waals surface area contributed by atoms with E-state index in [2.05, 4.69) is 5.32 Å². The first-order chi connectivity index (χ1) is 7.97. The largest absolute Gasteiger partial charge is 0.481 e. The Morgan fingerprint density at radius 1 is 1.41 bits per heavy atom. The molecule has 0 bridgehead atoms. The van der Waals surface area contributed by atoms with Gasteiger partial charge in [-0.15, -0.1) is 0 Å². The first-order valence-electron chi connectivity index (χ1n) is 6.19. The van der Waals surface area contributed by atoms with E-state index in [0.29, 0.717) is 19.6 Å². The molecule has 1 saturated heterocycles. The molecular weight excluding hydrogens is 220 g/mol. The maximum atomic E-state index is 11.9. The molecule has 98 valence electrons. The maximum Gasteiger partial charge on any atom is 0.306 e. The van der Waals surface area contributed by atoms with Gasteiger partial charge in [0, 0.05) is 31.5 Å². The number of carbonyl (C=O) groups excluding carboxylic acids is 1. The van der Waals surface area contributed by atoms with E-state index < -0.39 is 5.97 Å². The maximum absolute atomic E-state index is 11.9. The van der Waals surface area contributed by atoms with E-state index in [1.807, 2.05) is 13.8 Å². The number of hydrogen-bond acceptors (Lipinski definition) is 3. The van der Waals surface area contributed by atoms with E-state index in [1.165, 1.54) is 0 Å². The van der Waals surface area contributed by atoms with Gasteiger partial charge in [-0.3, -0.25) is 9.59 Å². The first kappa shape index (κ1) is 14.0. The summed E-state index contributed by atoms with van der Waals surface area (Å²) in [7, 11) is 0. The molecule has 1 aliphatic rings. The highest BCUT2D eigenvalue weighted by atomic mass is 16.4. The van der Waals surface area contributed by atoms with Crippen molar-refractivity contribution in [2.24, 2.45) is 17.8 Å². The monoisotopic (exact) mass is 242 g/mol. The SMILES string of the molecule is CCNCC(C)C(=O)N1CC(C(C)C(=O)O)C1. The lowest BCUT2D eigenvalue weighted by Crippen LogP contribution is -2.55. The molecule has 1 aliphatic heterocycles. The van der Waals surface area contributed by atoms with E-state index >= 15 is 0 Å². The molecule has 0 saturated carbocycles. The summed E-state index contributed by atoms with van der Waals surface area (Å²) in [6.45, 7) is 8.33. The quantitative estimate of drug-likeness (QED) is 0.708. The van der Waals surface area contributed by atoms with Gasteiger partial charge >= 0.3 is 5.97 Å². The van der Waals surface area contributed by atoms with Crippen LogP contribution in [0.3, 0.4) is 0 Å². The van der Waals surface area contributed by atoms with Gasteiger partial charge in [0.05, 0.1) is 5.92 Å². The Labute approximate surface area is 102 Å². The summed E-state index contributed by atoms with van der Waals surface area (Å²) >= 11 is 0. The molecule has 0 aliphatic carbocycles. The Balaban J connectivity index is 2.32. The van der Waals surface area contributed by atoms with Crippen LogP contribution in [0.25, 0.3) is 0 Å². The number of carboxylic acids is 1. The van der Waals surface area contributed by atoms with E-state index in [1.54, 1.807) is 11.8 Å². The topological polar surface area (TPSA) is 69.6 Å². The summed E-state index contributed by atoms with van der Waals surface area (Å²) in [5.74, 6) is -0.926. The van der Waals surface area contributed by atoms with Crippen LogP contribution in [0.5, 0.6) is 0 Å². The van der Waals surface area contributed by atoms with Crippen LogP contribution in [0.1, 0.15) is 20.8 Å². The highest BCUT2D eigenvalue weighted by molar-refractivity contribution is 5.80. The molecule has 0 aromatic rings. The predicted octanol–water partition coefficient (Wildman–Crippen LogP) is 0.411. The summed E-state index contributed by atoms with van der Waals surface area (Å²) in [6.07, 6.45) is 0. The fourth-order valence-corrected chi connectivity index (χ4v) is 1.97. The summed E-state index contributed by atoms with van der Waals surface area (Å²) in [6, 6.07) is 0. The van der Waals surface area contributed by atoms with Gasteiger partial charge < -0.3 is 15.3 Å². The van der Waals surface area contributed by atoms with Gasteiger partial charge in [0.15, 0.2) is 0 Å². The third-order valence-electron chi connectivity index (χ3n) is 3.44. The van der Waals surface area contributed by atoms with E-state index in [0.717, 1.165) is 6.54 Å². The van der Waals surface area contributed by atoms with Crippen LogP contribution in [-0.2, 0) is 9.59 Å². The fourth-order valence-electron chi connectivity index (χ4n) is 1.97. The van der Waals surface area contributed by atoms with Gasteiger partial charge in [-0.1, -0.05) is 20.8 Å². The average Bonchev–Trinajstić information content (AvgIpc) is 2.23. The standard InChI is InChI=1S/C12H22N2O3/c1-4-13-5-8(2)11(15)14-6-10(7-14)9(3)12(16)17/h8-10,13H,4-7H2,1-3H3,(H,16,17). The van der Waals surface area contributed by atoms with Gasteiger partial charge in [-0.25, -0.2) is 0 Å². The molecular formula is C12H22N2O3. The minimum absolute atomic E-state index is 0.0314. The van der Waals surface area contributed by atoms with Crippen LogP contribution in [0, 0.1) is 17.8 Å². The fraction of sp³-hybridized carbons (Fsp3) is 0.833. The minimum atomic E-state index is -0.775. The highest BCUT2D eigenvalue weighted by Gasteiger charge is 2.38. The zero-order valence-electron chi connectivity index (χ0n) is 10.8. The van der Waals surface area contributed by atoms with Crippen LogP contribution in [0.15, 0.2) is 0 Å². The van der Waals surface area contributed by atoms with E-state index in [-0.39, 0.29) is 23.7 Å². The van der Waals surface area contributed by atoms with Crippen molar-refractivity contribution in [1.82, 2.24) is 10.2 Å². The highest BCUT2D eigenvalue weighted by Crippen LogP contribution is 2.25. The van der Waals surface area contributed by atoms with Crippen molar-refractivity contribution < 1.29 is 14.7 Å². The second kappa shape index (κ2) is 6.00. The summed E-state index contributed by atoms with van der Waals surface area (Å²) < 4.78 is 0.